The molecule has 1 N–H and O–H groups in total. The van der Waals surface area contributed by atoms with Crippen molar-refractivity contribution in [2.45, 2.75) is 76.5 Å². The summed E-state index contributed by atoms with van der Waals surface area (Å²) >= 11 is 0. The minimum absolute atomic E-state index is 0.0963. The summed E-state index contributed by atoms with van der Waals surface area (Å²) in [7, 11) is -2.87. The molecule has 5 atom stereocenters. The molecule has 0 saturated heterocycles. The van der Waals surface area contributed by atoms with E-state index in [9.17, 15) is 8.42 Å². The van der Waals surface area contributed by atoms with Crippen molar-refractivity contribution in [2.75, 3.05) is 12.8 Å². The van der Waals surface area contributed by atoms with Gasteiger partial charge in [-0.05, 0) is 62.8 Å². The quantitative estimate of drug-likeness (QED) is 0.817. The molecule has 4 heteroatoms. The second kappa shape index (κ2) is 7.45. The highest BCUT2D eigenvalue weighted by molar-refractivity contribution is 7.91. The van der Waals surface area contributed by atoms with Gasteiger partial charge >= 0.3 is 0 Å². The van der Waals surface area contributed by atoms with Crippen molar-refractivity contribution < 1.29 is 8.42 Å². The minimum Gasteiger partial charge on any atom is -0.313 e. The first-order chi connectivity index (χ1) is 9.91. The zero-order chi connectivity index (χ0) is 15.5. The number of sulfone groups is 1. The van der Waals surface area contributed by atoms with Crippen molar-refractivity contribution in [3.05, 3.63) is 0 Å². The predicted molar refractivity (Wildman–Crippen MR) is 89.2 cm³/mol. The van der Waals surface area contributed by atoms with Gasteiger partial charge in [0, 0.05) is 12.3 Å². The average molecular weight is 316 g/mol. The number of hydrogen-bond acceptors (Lipinski definition) is 3. The molecule has 21 heavy (non-hydrogen) atoms. The lowest BCUT2D eigenvalue weighted by Gasteiger charge is -2.37. The van der Waals surface area contributed by atoms with Crippen LogP contribution in [0.4, 0.5) is 0 Å². The van der Waals surface area contributed by atoms with Gasteiger partial charge in [0.05, 0.1) is 5.25 Å². The van der Waals surface area contributed by atoms with Gasteiger partial charge in [-0.3, -0.25) is 0 Å². The van der Waals surface area contributed by atoms with E-state index in [-0.39, 0.29) is 5.25 Å². The van der Waals surface area contributed by atoms with E-state index in [1.807, 2.05) is 0 Å². The number of hydrogen-bond donors (Lipinski definition) is 1. The Morgan fingerprint density at radius 2 is 1.81 bits per heavy atom. The van der Waals surface area contributed by atoms with Crippen LogP contribution < -0.4 is 5.32 Å². The van der Waals surface area contributed by atoms with Gasteiger partial charge in [-0.25, -0.2) is 8.42 Å². The maximum absolute atomic E-state index is 11.9. The van der Waals surface area contributed by atoms with Crippen LogP contribution in [0.3, 0.4) is 0 Å². The van der Waals surface area contributed by atoms with Crippen LogP contribution in [-0.4, -0.2) is 32.5 Å². The van der Waals surface area contributed by atoms with E-state index in [0.717, 1.165) is 44.1 Å². The monoisotopic (exact) mass is 315 g/mol. The SMILES string of the molecule is CCCNC(C1CCC(C)C1)C1CCCC(S(C)(=O)=O)C1. The molecule has 0 aromatic carbocycles. The zero-order valence-electron chi connectivity index (χ0n) is 14.0. The Balaban J connectivity index is 2.05. The van der Waals surface area contributed by atoms with Crippen molar-refractivity contribution in [3.63, 3.8) is 0 Å². The van der Waals surface area contributed by atoms with E-state index in [4.69, 9.17) is 0 Å². The van der Waals surface area contributed by atoms with Crippen molar-refractivity contribution in [1.29, 1.82) is 0 Å². The molecular weight excluding hydrogens is 282 g/mol. The molecule has 0 aliphatic heterocycles. The molecule has 2 fully saturated rings. The number of rotatable bonds is 6. The van der Waals surface area contributed by atoms with Crippen LogP contribution in [0.1, 0.15) is 65.2 Å². The highest BCUT2D eigenvalue weighted by Gasteiger charge is 2.38. The summed E-state index contributed by atoms with van der Waals surface area (Å²) in [5, 5.41) is 3.68. The van der Waals surface area contributed by atoms with Crippen LogP contribution in [0.2, 0.25) is 0 Å². The third kappa shape index (κ3) is 4.69. The summed E-state index contributed by atoms with van der Waals surface area (Å²) in [5.41, 5.74) is 0. The Morgan fingerprint density at radius 3 is 2.38 bits per heavy atom. The van der Waals surface area contributed by atoms with Crippen LogP contribution in [-0.2, 0) is 9.84 Å². The predicted octanol–water partition coefficient (Wildman–Crippen LogP) is 3.39. The van der Waals surface area contributed by atoms with E-state index in [1.54, 1.807) is 0 Å². The van der Waals surface area contributed by atoms with Crippen LogP contribution in [0.15, 0.2) is 0 Å². The molecule has 124 valence electrons. The van der Waals surface area contributed by atoms with Crippen LogP contribution >= 0.6 is 0 Å². The van der Waals surface area contributed by atoms with Gasteiger partial charge in [0.1, 0.15) is 9.84 Å². The Bertz CT molecular complexity index is 421. The lowest BCUT2D eigenvalue weighted by Crippen LogP contribution is -2.45. The van der Waals surface area contributed by atoms with E-state index >= 15 is 0 Å². The Hall–Kier alpha value is -0.0900. The normalized spacial score (nSPS) is 35.8. The summed E-state index contributed by atoms with van der Waals surface area (Å²) in [6, 6.07) is 0.541. The zero-order valence-corrected chi connectivity index (χ0v) is 14.8. The van der Waals surface area contributed by atoms with Gasteiger partial charge in [-0.15, -0.1) is 0 Å². The van der Waals surface area contributed by atoms with Crippen molar-refractivity contribution in [2.24, 2.45) is 17.8 Å². The molecule has 2 aliphatic carbocycles. The molecule has 0 heterocycles. The van der Waals surface area contributed by atoms with Gasteiger partial charge < -0.3 is 5.32 Å². The Morgan fingerprint density at radius 1 is 1.10 bits per heavy atom. The third-order valence-electron chi connectivity index (χ3n) is 5.65. The maximum Gasteiger partial charge on any atom is 0.150 e. The van der Waals surface area contributed by atoms with E-state index in [2.05, 4.69) is 19.2 Å². The van der Waals surface area contributed by atoms with Crippen LogP contribution in [0, 0.1) is 17.8 Å². The molecule has 0 aromatic rings. The van der Waals surface area contributed by atoms with Crippen LogP contribution in [0.25, 0.3) is 0 Å². The fourth-order valence-electron chi connectivity index (χ4n) is 4.50. The second-order valence-corrected chi connectivity index (χ2v) is 9.86. The van der Waals surface area contributed by atoms with E-state index < -0.39 is 9.84 Å². The largest absolute Gasteiger partial charge is 0.313 e. The standard InChI is InChI=1S/C17H33NO2S/c1-4-10-18-17(15-9-8-13(2)11-15)14-6-5-7-16(12-14)21(3,19)20/h13-18H,4-12H2,1-3H3. The molecule has 0 spiro atoms. The molecule has 2 rings (SSSR count). The fraction of sp³-hybridized carbons (Fsp3) is 1.00. The van der Waals surface area contributed by atoms with Gasteiger partial charge in [0.2, 0.25) is 0 Å². The number of nitrogens with one attached hydrogen (secondary N) is 1. The van der Waals surface area contributed by atoms with Crippen molar-refractivity contribution in [3.8, 4) is 0 Å². The minimum atomic E-state index is -2.87. The molecule has 2 aliphatic rings. The van der Waals surface area contributed by atoms with Crippen LogP contribution in [0.5, 0.6) is 0 Å². The smallest absolute Gasteiger partial charge is 0.150 e. The summed E-state index contributed by atoms with van der Waals surface area (Å²) in [4.78, 5) is 0. The maximum atomic E-state index is 11.9. The second-order valence-electron chi connectivity index (χ2n) is 7.54. The summed E-state index contributed by atoms with van der Waals surface area (Å²) in [6.45, 7) is 5.63. The molecule has 0 bridgehead atoms. The van der Waals surface area contributed by atoms with Gasteiger partial charge in [0.25, 0.3) is 0 Å². The first kappa shape index (κ1) is 17.3. The first-order valence-corrected chi connectivity index (χ1v) is 10.8. The Kier molecular flexibility index (Phi) is 6.13. The highest BCUT2D eigenvalue weighted by Crippen LogP contribution is 2.40. The first-order valence-electron chi connectivity index (χ1n) is 8.84. The summed E-state index contributed by atoms with van der Waals surface area (Å²) in [5.74, 6) is 2.16. The van der Waals surface area contributed by atoms with Gasteiger partial charge in [0.15, 0.2) is 0 Å². The van der Waals surface area contributed by atoms with Gasteiger partial charge in [-0.1, -0.05) is 26.7 Å². The fourth-order valence-corrected chi connectivity index (χ4v) is 5.69. The molecule has 2 saturated carbocycles. The molecule has 5 unspecified atom stereocenters. The molecule has 3 nitrogen and oxygen atoms in total. The van der Waals surface area contributed by atoms with Crippen molar-refractivity contribution in [1.82, 2.24) is 5.32 Å². The molecule has 0 radical (unpaired) electrons. The van der Waals surface area contributed by atoms with Crippen molar-refractivity contribution >= 4 is 9.84 Å². The summed E-state index contributed by atoms with van der Waals surface area (Å²) < 4.78 is 23.8. The van der Waals surface area contributed by atoms with Gasteiger partial charge in [-0.2, -0.15) is 0 Å². The molecular formula is C17H33NO2S. The Labute approximate surface area is 131 Å². The lowest BCUT2D eigenvalue weighted by molar-refractivity contribution is 0.206. The topological polar surface area (TPSA) is 46.2 Å². The van der Waals surface area contributed by atoms with E-state index in [0.29, 0.717) is 12.0 Å². The highest BCUT2D eigenvalue weighted by atomic mass is 32.2. The summed E-state index contributed by atoms with van der Waals surface area (Å²) in [6.07, 6.45) is 10.6. The van der Waals surface area contributed by atoms with E-state index in [1.165, 1.54) is 31.9 Å². The third-order valence-corrected chi connectivity index (χ3v) is 7.29. The molecule has 0 amide bonds. The molecule has 0 aromatic heterocycles. The average Bonchev–Trinajstić information content (AvgIpc) is 2.85. The lowest BCUT2D eigenvalue weighted by atomic mass is 9.77.